The van der Waals surface area contributed by atoms with E-state index >= 15 is 0 Å². The molecule has 4 rings (SSSR count). The van der Waals surface area contributed by atoms with E-state index in [1.165, 1.54) is 0 Å². The van der Waals surface area contributed by atoms with E-state index in [1.807, 2.05) is 29.1 Å². The highest BCUT2D eigenvalue weighted by Gasteiger charge is 2.19. The first kappa shape index (κ1) is 14.9. The molecule has 0 radical (unpaired) electrons. The zero-order chi connectivity index (χ0) is 16.5. The molecule has 4 heterocycles. The third-order valence-corrected chi connectivity index (χ3v) is 4.58. The Morgan fingerprint density at radius 1 is 1.21 bits per heavy atom. The van der Waals surface area contributed by atoms with Crippen LogP contribution in [0.4, 0.5) is 5.69 Å². The highest BCUT2D eigenvalue weighted by atomic mass is 16.2. The minimum Gasteiger partial charge on any atom is -0.318 e. The maximum atomic E-state index is 12.5. The average molecular weight is 324 g/mol. The van der Waals surface area contributed by atoms with Gasteiger partial charge in [-0.25, -0.2) is 4.52 Å². The van der Waals surface area contributed by atoms with Crippen LogP contribution >= 0.6 is 0 Å². The lowest BCUT2D eigenvalue weighted by atomic mass is 10.1. The van der Waals surface area contributed by atoms with Crippen LogP contribution in [0.5, 0.6) is 0 Å². The van der Waals surface area contributed by atoms with Crippen LogP contribution < -0.4 is 5.32 Å². The number of carbonyl (C=O) groups excluding carboxylic acids is 1. The number of nitrogens with zero attached hydrogens (tertiary/aromatic N) is 5. The zero-order valence-electron chi connectivity index (χ0n) is 13.6. The summed E-state index contributed by atoms with van der Waals surface area (Å²) in [7, 11) is 2.14. The number of carbonyl (C=O) groups is 1. The van der Waals surface area contributed by atoms with Crippen molar-refractivity contribution in [1.29, 1.82) is 0 Å². The van der Waals surface area contributed by atoms with Gasteiger partial charge in [0.25, 0.3) is 5.91 Å². The largest absolute Gasteiger partial charge is 0.318 e. The number of amides is 1. The summed E-state index contributed by atoms with van der Waals surface area (Å²) in [6.07, 6.45) is 7.47. The third kappa shape index (κ3) is 2.78. The van der Waals surface area contributed by atoms with E-state index in [9.17, 15) is 4.79 Å². The second-order valence-electron chi connectivity index (χ2n) is 6.28. The molecule has 1 fully saturated rings. The molecule has 1 amide bonds. The Labute approximate surface area is 139 Å². The molecule has 0 spiro atoms. The van der Waals surface area contributed by atoms with Crippen LogP contribution in [0.1, 0.15) is 29.4 Å². The number of piperidine rings is 1. The van der Waals surface area contributed by atoms with E-state index in [-0.39, 0.29) is 5.91 Å². The predicted molar refractivity (Wildman–Crippen MR) is 91.1 cm³/mol. The summed E-state index contributed by atoms with van der Waals surface area (Å²) in [6, 6.07) is 7.81. The number of anilines is 1. The first-order valence-corrected chi connectivity index (χ1v) is 8.17. The molecule has 0 unspecified atom stereocenters. The van der Waals surface area contributed by atoms with Gasteiger partial charge in [0.05, 0.1) is 29.6 Å². The second kappa shape index (κ2) is 6.09. The van der Waals surface area contributed by atoms with Gasteiger partial charge < -0.3 is 10.2 Å². The van der Waals surface area contributed by atoms with E-state index in [1.54, 1.807) is 23.0 Å². The Balaban J connectivity index is 1.49. The number of fused-ring (bicyclic) bond motifs is 1. The van der Waals surface area contributed by atoms with Crippen LogP contribution in [0.3, 0.4) is 0 Å². The van der Waals surface area contributed by atoms with Gasteiger partial charge in [-0.1, -0.05) is 6.07 Å². The molecule has 0 aromatic carbocycles. The van der Waals surface area contributed by atoms with E-state index in [0.717, 1.165) is 31.4 Å². The topological polar surface area (TPSA) is 67.5 Å². The molecule has 1 N–H and O–H groups in total. The van der Waals surface area contributed by atoms with Gasteiger partial charge in [0.2, 0.25) is 0 Å². The molecule has 0 bridgehead atoms. The Morgan fingerprint density at radius 3 is 2.88 bits per heavy atom. The van der Waals surface area contributed by atoms with Gasteiger partial charge in [-0.05, 0) is 51.2 Å². The van der Waals surface area contributed by atoms with Crippen molar-refractivity contribution in [2.75, 3.05) is 25.5 Å². The number of nitrogens with one attached hydrogen (secondary N) is 1. The quantitative estimate of drug-likeness (QED) is 0.801. The van der Waals surface area contributed by atoms with Crippen molar-refractivity contribution in [3.63, 3.8) is 0 Å². The standard InChI is InChI=1S/C17H20N6O/c1-21-9-6-14(7-10-21)22-12-13(11-19-22)20-17(24)16-4-2-3-15-5-8-18-23(15)16/h2-5,8,11-12,14H,6-7,9-10H2,1H3,(H,20,24). The molecule has 24 heavy (non-hydrogen) atoms. The molecule has 124 valence electrons. The van der Waals surface area contributed by atoms with Gasteiger partial charge in [-0.2, -0.15) is 10.2 Å². The normalized spacial score (nSPS) is 16.5. The van der Waals surface area contributed by atoms with Crippen LogP contribution in [-0.2, 0) is 0 Å². The summed E-state index contributed by atoms with van der Waals surface area (Å²) >= 11 is 0. The van der Waals surface area contributed by atoms with Crippen molar-refractivity contribution >= 4 is 17.1 Å². The fourth-order valence-electron chi connectivity index (χ4n) is 3.18. The predicted octanol–water partition coefficient (Wildman–Crippen LogP) is 2.05. The summed E-state index contributed by atoms with van der Waals surface area (Å²) in [4.78, 5) is 14.9. The molecule has 3 aromatic heterocycles. The minimum absolute atomic E-state index is 0.188. The van der Waals surface area contributed by atoms with Crippen LogP contribution in [0.2, 0.25) is 0 Å². The number of hydrogen-bond acceptors (Lipinski definition) is 4. The number of likely N-dealkylation sites (tertiary alicyclic amines) is 1. The molecule has 0 aliphatic carbocycles. The Kier molecular flexibility index (Phi) is 3.78. The minimum atomic E-state index is -0.188. The van der Waals surface area contributed by atoms with Crippen molar-refractivity contribution in [2.45, 2.75) is 18.9 Å². The molecular weight excluding hydrogens is 304 g/mol. The number of aromatic nitrogens is 4. The average Bonchev–Trinajstić information content (AvgIpc) is 3.24. The highest BCUT2D eigenvalue weighted by molar-refractivity contribution is 6.03. The summed E-state index contributed by atoms with van der Waals surface area (Å²) in [5, 5.41) is 11.5. The molecule has 1 saturated heterocycles. The summed E-state index contributed by atoms with van der Waals surface area (Å²) < 4.78 is 3.60. The van der Waals surface area contributed by atoms with Crippen molar-refractivity contribution in [3.05, 3.63) is 48.5 Å². The van der Waals surface area contributed by atoms with Gasteiger partial charge in [0.15, 0.2) is 0 Å². The van der Waals surface area contributed by atoms with E-state index in [0.29, 0.717) is 17.4 Å². The van der Waals surface area contributed by atoms with Gasteiger partial charge in [0, 0.05) is 6.20 Å². The molecular formula is C17H20N6O. The van der Waals surface area contributed by atoms with E-state index in [4.69, 9.17) is 0 Å². The Hall–Kier alpha value is -2.67. The van der Waals surface area contributed by atoms with Crippen LogP contribution in [0.15, 0.2) is 42.9 Å². The number of pyridine rings is 1. The number of hydrogen-bond donors (Lipinski definition) is 1. The molecule has 1 aliphatic heterocycles. The van der Waals surface area contributed by atoms with Crippen molar-refractivity contribution in [3.8, 4) is 0 Å². The monoisotopic (exact) mass is 324 g/mol. The number of rotatable bonds is 3. The van der Waals surface area contributed by atoms with Crippen molar-refractivity contribution in [2.24, 2.45) is 0 Å². The van der Waals surface area contributed by atoms with E-state index < -0.39 is 0 Å². The fraction of sp³-hybridized carbons (Fsp3) is 0.353. The molecule has 0 saturated carbocycles. The molecule has 3 aromatic rings. The maximum Gasteiger partial charge on any atom is 0.274 e. The third-order valence-electron chi connectivity index (χ3n) is 4.58. The Morgan fingerprint density at radius 2 is 2.04 bits per heavy atom. The second-order valence-corrected chi connectivity index (χ2v) is 6.28. The first-order valence-electron chi connectivity index (χ1n) is 8.17. The smallest absolute Gasteiger partial charge is 0.274 e. The summed E-state index contributed by atoms with van der Waals surface area (Å²) in [6.45, 7) is 2.15. The van der Waals surface area contributed by atoms with Crippen LogP contribution in [0.25, 0.3) is 5.52 Å². The summed E-state index contributed by atoms with van der Waals surface area (Å²) in [5.41, 5.74) is 2.11. The Bertz CT molecular complexity index is 859. The van der Waals surface area contributed by atoms with Gasteiger partial charge in [-0.3, -0.25) is 9.48 Å². The lowest BCUT2D eigenvalue weighted by molar-refractivity contribution is 0.102. The fourth-order valence-corrected chi connectivity index (χ4v) is 3.18. The van der Waals surface area contributed by atoms with Gasteiger partial charge in [0.1, 0.15) is 5.69 Å². The zero-order valence-corrected chi connectivity index (χ0v) is 13.6. The first-order chi connectivity index (χ1) is 11.7. The van der Waals surface area contributed by atoms with Crippen LogP contribution in [0, 0.1) is 0 Å². The highest BCUT2D eigenvalue weighted by Crippen LogP contribution is 2.22. The molecule has 7 nitrogen and oxygen atoms in total. The molecule has 1 aliphatic rings. The van der Waals surface area contributed by atoms with E-state index in [2.05, 4.69) is 27.5 Å². The molecule has 0 atom stereocenters. The summed E-state index contributed by atoms with van der Waals surface area (Å²) in [5.74, 6) is -0.188. The van der Waals surface area contributed by atoms with Gasteiger partial charge in [-0.15, -0.1) is 0 Å². The van der Waals surface area contributed by atoms with Crippen molar-refractivity contribution in [1.82, 2.24) is 24.3 Å². The van der Waals surface area contributed by atoms with Gasteiger partial charge >= 0.3 is 0 Å². The SMILES string of the molecule is CN1CCC(n2cc(NC(=O)c3cccc4ccnn34)cn2)CC1. The lowest BCUT2D eigenvalue weighted by Gasteiger charge is -2.28. The van der Waals surface area contributed by atoms with Crippen LogP contribution in [-0.4, -0.2) is 50.3 Å². The van der Waals surface area contributed by atoms with Crippen molar-refractivity contribution < 1.29 is 4.79 Å². The maximum absolute atomic E-state index is 12.5. The lowest BCUT2D eigenvalue weighted by Crippen LogP contribution is -2.31. The molecule has 7 heteroatoms.